The van der Waals surface area contributed by atoms with Gasteiger partial charge in [-0.3, -0.25) is 9.69 Å². The number of piperazine rings is 1. The van der Waals surface area contributed by atoms with Gasteiger partial charge in [0.2, 0.25) is 0 Å². The van der Waals surface area contributed by atoms with Crippen molar-refractivity contribution in [3.05, 3.63) is 40.9 Å². The molecule has 0 aliphatic carbocycles. The molecule has 1 fully saturated rings. The van der Waals surface area contributed by atoms with E-state index in [1.54, 1.807) is 0 Å². The van der Waals surface area contributed by atoms with Crippen LogP contribution in [0, 0.1) is 0 Å². The Morgan fingerprint density at radius 2 is 1.83 bits per heavy atom. The lowest BCUT2D eigenvalue weighted by Crippen LogP contribution is -2.48. The molecular weight excluding hydrogens is 331 g/mol. The van der Waals surface area contributed by atoms with Crippen molar-refractivity contribution < 1.29 is 4.79 Å². The standard InChI is InChI=1S/C18H24Cl2N2O/c19-9-4-10-21-11-13-22(14-12-21)15-17(23)7-3-6-16-5-1-2-8-18(16)20/h1-3,5-6,8H,4,7,9-15H2. The summed E-state index contributed by atoms with van der Waals surface area (Å²) in [4.78, 5) is 16.7. The van der Waals surface area contributed by atoms with Gasteiger partial charge in [0.1, 0.15) is 0 Å². The molecule has 1 aromatic rings. The summed E-state index contributed by atoms with van der Waals surface area (Å²) in [6.07, 6.45) is 5.32. The Labute approximate surface area is 148 Å². The van der Waals surface area contributed by atoms with Gasteiger partial charge in [-0.1, -0.05) is 42.0 Å². The van der Waals surface area contributed by atoms with Crippen molar-refractivity contribution in [2.75, 3.05) is 45.1 Å². The second-order valence-electron chi connectivity index (χ2n) is 5.83. The molecule has 0 amide bonds. The van der Waals surface area contributed by atoms with E-state index in [4.69, 9.17) is 23.2 Å². The molecule has 126 valence electrons. The van der Waals surface area contributed by atoms with Crippen LogP contribution in [-0.2, 0) is 4.79 Å². The highest BCUT2D eigenvalue weighted by Crippen LogP contribution is 2.16. The molecule has 2 rings (SSSR count). The van der Waals surface area contributed by atoms with E-state index in [2.05, 4.69) is 9.80 Å². The number of ketones is 1. The van der Waals surface area contributed by atoms with Crippen molar-refractivity contribution in [3.63, 3.8) is 0 Å². The molecule has 0 unspecified atom stereocenters. The molecule has 0 bridgehead atoms. The van der Waals surface area contributed by atoms with Crippen molar-refractivity contribution in [2.24, 2.45) is 0 Å². The maximum absolute atomic E-state index is 12.1. The summed E-state index contributed by atoms with van der Waals surface area (Å²) in [5, 5.41) is 0.712. The molecule has 1 aromatic carbocycles. The number of rotatable bonds is 8. The van der Waals surface area contributed by atoms with Gasteiger partial charge in [-0.25, -0.2) is 0 Å². The second kappa shape index (κ2) is 10.1. The van der Waals surface area contributed by atoms with Gasteiger partial charge < -0.3 is 4.90 Å². The third kappa shape index (κ3) is 6.64. The third-order valence-electron chi connectivity index (χ3n) is 4.02. The van der Waals surface area contributed by atoms with E-state index >= 15 is 0 Å². The summed E-state index contributed by atoms with van der Waals surface area (Å²) in [5.41, 5.74) is 0.954. The summed E-state index contributed by atoms with van der Waals surface area (Å²) >= 11 is 11.8. The average molecular weight is 355 g/mol. The lowest BCUT2D eigenvalue weighted by Gasteiger charge is -2.34. The molecular formula is C18H24Cl2N2O. The van der Waals surface area contributed by atoms with Gasteiger partial charge in [-0.15, -0.1) is 11.6 Å². The number of hydrogen-bond acceptors (Lipinski definition) is 3. The van der Waals surface area contributed by atoms with Gasteiger partial charge in [0.15, 0.2) is 5.78 Å². The SMILES string of the molecule is O=C(CC=Cc1ccccc1Cl)CN1CCN(CCCCl)CC1. The number of carbonyl (C=O) groups is 1. The molecule has 23 heavy (non-hydrogen) atoms. The lowest BCUT2D eigenvalue weighted by molar-refractivity contribution is -0.119. The van der Waals surface area contributed by atoms with Crippen molar-refractivity contribution in [2.45, 2.75) is 12.8 Å². The van der Waals surface area contributed by atoms with Crippen LogP contribution >= 0.6 is 23.2 Å². The number of halogens is 2. The fraction of sp³-hybridized carbons (Fsp3) is 0.500. The van der Waals surface area contributed by atoms with Crippen LogP contribution in [0.15, 0.2) is 30.3 Å². The van der Waals surface area contributed by atoms with Crippen LogP contribution < -0.4 is 0 Å². The zero-order chi connectivity index (χ0) is 16.5. The molecule has 1 saturated heterocycles. The molecule has 1 heterocycles. The third-order valence-corrected chi connectivity index (χ3v) is 4.63. The average Bonchev–Trinajstić information content (AvgIpc) is 2.56. The van der Waals surface area contributed by atoms with Crippen LogP contribution in [0.25, 0.3) is 6.08 Å². The summed E-state index contributed by atoms with van der Waals surface area (Å²) in [5.74, 6) is 0.971. The molecule has 1 aliphatic rings. The predicted octanol–water partition coefficient (Wildman–Crippen LogP) is 3.56. The maximum atomic E-state index is 12.1. The van der Waals surface area contributed by atoms with E-state index in [0.717, 1.165) is 50.6 Å². The van der Waals surface area contributed by atoms with Gasteiger partial charge in [0.25, 0.3) is 0 Å². The fourth-order valence-electron chi connectivity index (χ4n) is 2.70. The van der Waals surface area contributed by atoms with Crippen LogP contribution in [0.4, 0.5) is 0 Å². The predicted molar refractivity (Wildman–Crippen MR) is 98.3 cm³/mol. The first kappa shape index (κ1) is 18.5. The molecule has 0 atom stereocenters. The Kier molecular flexibility index (Phi) is 8.10. The van der Waals surface area contributed by atoms with Crippen LogP contribution in [0.1, 0.15) is 18.4 Å². The lowest BCUT2D eigenvalue weighted by atomic mass is 10.1. The number of benzene rings is 1. The van der Waals surface area contributed by atoms with Gasteiger partial charge in [0.05, 0.1) is 6.54 Å². The highest BCUT2D eigenvalue weighted by Gasteiger charge is 2.17. The number of carbonyl (C=O) groups excluding carboxylic acids is 1. The number of Topliss-reactive ketones (excluding diaryl/α,β-unsaturated/α-hetero) is 1. The molecule has 5 heteroatoms. The number of allylic oxidation sites excluding steroid dienone is 1. The summed E-state index contributed by atoms with van der Waals surface area (Å²) in [6.45, 7) is 5.58. The van der Waals surface area contributed by atoms with E-state index in [-0.39, 0.29) is 5.78 Å². The van der Waals surface area contributed by atoms with E-state index in [1.807, 2.05) is 36.4 Å². The van der Waals surface area contributed by atoms with Crippen LogP contribution in [-0.4, -0.2) is 60.7 Å². The van der Waals surface area contributed by atoms with Crippen molar-refractivity contribution >= 4 is 35.1 Å². The van der Waals surface area contributed by atoms with Gasteiger partial charge in [-0.05, 0) is 24.6 Å². The Morgan fingerprint density at radius 1 is 1.13 bits per heavy atom. The van der Waals surface area contributed by atoms with E-state index in [0.29, 0.717) is 18.0 Å². The molecule has 0 N–H and O–H groups in total. The minimum atomic E-state index is 0.252. The van der Waals surface area contributed by atoms with Crippen LogP contribution in [0.3, 0.4) is 0 Å². The van der Waals surface area contributed by atoms with Crippen molar-refractivity contribution in [1.29, 1.82) is 0 Å². The first-order valence-electron chi connectivity index (χ1n) is 8.12. The zero-order valence-electron chi connectivity index (χ0n) is 13.4. The van der Waals surface area contributed by atoms with E-state index in [9.17, 15) is 4.79 Å². The van der Waals surface area contributed by atoms with Crippen molar-refractivity contribution in [1.82, 2.24) is 9.80 Å². The molecule has 0 spiro atoms. The fourth-order valence-corrected chi connectivity index (χ4v) is 3.01. The molecule has 3 nitrogen and oxygen atoms in total. The molecule has 0 radical (unpaired) electrons. The van der Waals surface area contributed by atoms with Gasteiger partial charge in [0, 0.05) is 43.5 Å². The highest BCUT2D eigenvalue weighted by molar-refractivity contribution is 6.32. The monoisotopic (exact) mass is 354 g/mol. The summed E-state index contributed by atoms with van der Waals surface area (Å²) in [6, 6.07) is 7.64. The smallest absolute Gasteiger partial charge is 0.150 e. The number of hydrogen-bond donors (Lipinski definition) is 0. The normalized spacial score (nSPS) is 17.0. The minimum Gasteiger partial charge on any atom is -0.301 e. The first-order valence-corrected chi connectivity index (χ1v) is 9.03. The highest BCUT2D eigenvalue weighted by atomic mass is 35.5. The topological polar surface area (TPSA) is 23.6 Å². The molecule has 0 saturated carbocycles. The van der Waals surface area contributed by atoms with Gasteiger partial charge in [-0.2, -0.15) is 0 Å². The van der Waals surface area contributed by atoms with Crippen LogP contribution in [0.2, 0.25) is 5.02 Å². The largest absolute Gasteiger partial charge is 0.301 e. The van der Waals surface area contributed by atoms with Crippen LogP contribution in [0.5, 0.6) is 0 Å². The Hall–Kier alpha value is -0.870. The first-order chi connectivity index (χ1) is 11.2. The summed E-state index contributed by atoms with van der Waals surface area (Å²) in [7, 11) is 0. The molecule has 1 aliphatic heterocycles. The quantitative estimate of drug-likeness (QED) is 0.666. The minimum absolute atomic E-state index is 0.252. The Morgan fingerprint density at radius 3 is 2.52 bits per heavy atom. The van der Waals surface area contributed by atoms with E-state index < -0.39 is 0 Å². The Balaban J connectivity index is 1.69. The zero-order valence-corrected chi connectivity index (χ0v) is 14.9. The van der Waals surface area contributed by atoms with Gasteiger partial charge >= 0.3 is 0 Å². The Bertz CT molecular complexity index is 526. The van der Waals surface area contributed by atoms with E-state index in [1.165, 1.54) is 0 Å². The maximum Gasteiger partial charge on any atom is 0.150 e. The molecule has 0 aromatic heterocycles. The number of alkyl halides is 1. The summed E-state index contributed by atoms with van der Waals surface area (Å²) < 4.78 is 0. The second-order valence-corrected chi connectivity index (χ2v) is 6.61. The van der Waals surface area contributed by atoms with Crippen molar-refractivity contribution in [3.8, 4) is 0 Å². The number of nitrogens with zero attached hydrogens (tertiary/aromatic N) is 2.